The Morgan fingerprint density at radius 1 is 0.789 bits per heavy atom. The molecule has 0 saturated carbocycles. The molecule has 0 aliphatic heterocycles. The molecule has 0 aliphatic rings. The summed E-state index contributed by atoms with van der Waals surface area (Å²) < 4.78 is 0. The number of hydrogen-bond donors (Lipinski definition) is 5. The highest BCUT2D eigenvalue weighted by Gasteiger charge is 2.29. The van der Waals surface area contributed by atoms with Crippen LogP contribution >= 0.6 is 0 Å². The van der Waals surface area contributed by atoms with E-state index >= 15 is 0 Å². The van der Waals surface area contributed by atoms with Crippen molar-refractivity contribution < 1.29 is 39.7 Å². The quantitative estimate of drug-likeness (QED) is 0.374. The predicted octanol–water partition coefficient (Wildman–Crippen LogP) is -0.0998. The topological polar surface area (TPSA) is 161 Å². The van der Waals surface area contributed by atoms with Crippen molar-refractivity contribution >= 4 is 23.8 Å². The van der Waals surface area contributed by atoms with E-state index in [2.05, 4.69) is 0 Å². The lowest BCUT2D eigenvalue weighted by atomic mass is 9.95. The summed E-state index contributed by atoms with van der Waals surface area (Å²) in [7, 11) is 0. The van der Waals surface area contributed by atoms with Gasteiger partial charge in [0.1, 0.15) is 0 Å². The van der Waals surface area contributed by atoms with Gasteiger partial charge in [0.25, 0.3) is 5.91 Å². The van der Waals surface area contributed by atoms with Crippen LogP contribution in [0.4, 0.5) is 0 Å². The Bertz CT molecular complexity index is 591. The molecule has 0 fully saturated rings. The average molecular weight is 269 g/mol. The van der Waals surface area contributed by atoms with Crippen molar-refractivity contribution in [1.82, 2.24) is 5.48 Å². The number of carboxylic acid groups (broad SMARTS) is 3. The Balaban J connectivity index is 3.78. The minimum absolute atomic E-state index is 0.669. The summed E-state index contributed by atoms with van der Waals surface area (Å²) in [4.78, 5) is 44.1. The van der Waals surface area contributed by atoms with Crippen molar-refractivity contribution in [2.75, 3.05) is 0 Å². The maximum Gasteiger partial charge on any atom is 0.337 e. The van der Waals surface area contributed by atoms with E-state index < -0.39 is 46.1 Å². The van der Waals surface area contributed by atoms with Crippen molar-refractivity contribution in [1.29, 1.82) is 0 Å². The van der Waals surface area contributed by atoms with Crippen molar-refractivity contribution in [2.45, 2.75) is 0 Å². The number of amides is 1. The van der Waals surface area contributed by atoms with Gasteiger partial charge in [0.15, 0.2) is 0 Å². The molecule has 0 bridgehead atoms. The Morgan fingerprint density at radius 3 is 1.58 bits per heavy atom. The lowest BCUT2D eigenvalue weighted by Crippen LogP contribution is -2.25. The van der Waals surface area contributed by atoms with Crippen molar-refractivity contribution in [3.63, 3.8) is 0 Å². The van der Waals surface area contributed by atoms with E-state index in [1.165, 1.54) is 0 Å². The SMILES string of the molecule is O=C(O)c1ccc(C(=O)NO)c(C(=O)O)c1C(=O)O. The monoisotopic (exact) mass is 269 g/mol. The fourth-order valence-corrected chi connectivity index (χ4v) is 1.47. The molecule has 0 atom stereocenters. The van der Waals surface area contributed by atoms with Crippen LogP contribution in [0.15, 0.2) is 12.1 Å². The number of rotatable bonds is 4. The van der Waals surface area contributed by atoms with Crippen LogP contribution in [-0.2, 0) is 0 Å². The minimum Gasteiger partial charge on any atom is -0.478 e. The van der Waals surface area contributed by atoms with Gasteiger partial charge in [-0.3, -0.25) is 10.0 Å². The molecule has 0 aliphatic carbocycles. The second-order valence-corrected chi connectivity index (χ2v) is 3.27. The van der Waals surface area contributed by atoms with Crippen LogP contribution in [0.3, 0.4) is 0 Å². The van der Waals surface area contributed by atoms with Gasteiger partial charge in [0, 0.05) is 0 Å². The normalized spacial score (nSPS) is 9.74. The summed E-state index contributed by atoms with van der Waals surface area (Å²) >= 11 is 0. The Morgan fingerprint density at radius 2 is 1.21 bits per heavy atom. The average Bonchev–Trinajstić information content (AvgIpc) is 2.35. The van der Waals surface area contributed by atoms with Crippen LogP contribution in [0.1, 0.15) is 41.4 Å². The zero-order chi connectivity index (χ0) is 14.7. The molecule has 1 aromatic carbocycles. The van der Waals surface area contributed by atoms with Crippen molar-refractivity contribution in [3.8, 4) is 0 Å². The molecule has 1 rings (SSSR count). The van der Waals surface area contributed by atoms with Gasteiger partial charge in [-0.05, 0) is 12.1 Å². The highest BCUT2D eigenvalue weighted by Crippen LogP contribution is 2.20. The van der Waals surface area contributed by atoms with E-state index in [1.54, 1.807) is 0 Å². The Labute approximate surface area is 104 Å². The van der Waals surface area contributed by atoms with Crippen LogP contribution in [-0.4, -0.2) is 44.3 Å². The van der Waals surface area contributed by atoms with Crippen LogP contribution in [0.25, 0.3) is 0 Å². The van der Waals surface area contributed by atoms with E-state index in [0.717, 1.165) is 17.6 Å². The van der Waals surface area contributed by atoms with Crippen LogP contribution in [0.5, 0.6) is 0 Å². The first-order valence-electron chi connectivity index (χ1n) is 4.62. The molecule has 1 amide bonds. The molecule has 0 unspecified atom stereocenters. The molecule has 9 heteroatoms. The molecule has 0 spiro atoms. The van der Waals surface area contributed by atoms with Gasteiger partial charge in [-0.2, -0.15) is 0 Å². The van der Waals surface area contributed by atoms with Crippen LogP contribution in [0.2, 0.25) is 0 Å². The predicted molar refractivity (Wildman–Crippen MR) is 56.6 cm³/mol. The minimum atomic E-state index is -1.82. The zero-order valence-electron chi connectivity index (χ0n) is 9.08. The van der Waals surface area contributed by atoms with Crippen molar-refractivity contribution in [3.05, 3.63) is 34.4 Å². The molecule has 19 heavy (non-hydrogen) atoms. The van der Waals surface area contributed by atoms with Gasteiger partial charge in [-0.1, -0.05) is 0 Å². The lowest BCUT2D eigenvalue weighted by molar-refractivity contribution is 0.0623. The number of carbonyl (C=O) groups excluding carboxylic acids is 1. The zero-order valence-corrected chi connectivity index (χ0v) is 9.08. The number of carboxylic acids is 3. The van der Waals surface area contributed by atoms with Crippen LogP contribution < -0.4 is 5.48 Å². The highest BCUT2D eigenvalue weighted by atomic mass is 16.5. The van der Waals surface area contributed by atoms with E-state index in [1.807, 2.05) is 0 Å². The molecule has 0 aromatic heterocycles. The third-order valence-corrected chi connectivity index (χ3v) is 2.21. The Kier molecular flexibility index (Phi) is 3.82. The third-order valence-electron chi connectivity index (χ3n) is 2.21. The second-order valence-electron chi connectivity index (χ2n) is 3.27. The number of carbonyl (C=O) groups is 4. The summed E-state index contributed by atoms with van der Waals surface area (Å²) in [6.45, 7) is 0. The van der Waals surface area contributed by atoms with Gasteiger partial charge in [-0.15, -0.1) is 0 Å². The molecule has 0 radical (unpaired) electrons. The van der Waals surface area contributed by atoms with E-state index in [4.69, 9.17) is 20.5 Å². The first-order valence-corrected chi connectivity index (χ1v) is 4.62. The van der Waals surface area contributed by atoms with Gasteiger partial charge in [0.05, 0.1) is 22.3 Å². The molecule has 0 saturated heterocycles. The second kappa shape index (κ2) is 5.14. The fourth-order valence-electron chi connectivity index (χ4n) is 1.47. The summed E-state index contributed by atoms with van der Waals surface area (Å²) in [6, 6.07) is 1.56. The molecule has 0 heterocycles. The largest absolute Gasteiger partial charge is 0.478 e. The third kappa shape index (κ3) is 2.50. The van der Waals surface area contributed by atoms with E-state index in [0.29, 0.717) is 0 Å². The lowest BCUT2D eigenvalue weighted by Gasteiger charge is -2.10. The first kappa shape index (κ1) is 14.1. The molecular weight excluding hydrogens is 262 g/mol. The van der Waals surface area contributed by atoms with Crippen molar-refractivity contribution in [2.24, 2.45) is 0 Å². The highest BCUT2D eigenvalue weighted by molar-refractivity contribution is 6.14. The van der Waals surface area contributed by atoms with E-state index in [9.17, 15) is 19.2 Å². The summed E-state index contributed by atoms with van der Waals surface area (Å²) in [5.41, 5.74) is -2.35. The van der Waals surface area contributed by atoms with Gasteiger partial charge >= 0.3 is 17.9 Å². The molecule has 1 aromatic rings. The molecule has 9 nitrogen and oxygen atoms in total. The summed E-state index contributed by atoms with van der Waals surface area (Å²) in [5.74, 6) is -6.55. The standard InChI is InChI=1S/C10H7NO8/c12-7(11-19)3-1-2-4(8(13)14)6(10(17)18)5(3)9(15)16/h1-2,19H,(H,11,12)(H,13,14)(H,15,16)(H,17,18). The number of aromatic carboxylic acids is 3. The summed E-state index contributed by atoms with van der Waals surface area (Å²) in [5, 5.41) is 35.1. The Hall–Kier alpha value is -2.94. The number of hydrogen-bond acceptors (Lipinski definition) is 5. The molecule has 5 N–H and O–H groups in total. The van der Waals surface area contributed by atoms with Gasteiger partial charge in [0.2, 0.25) is 0 Å². The van der Waals surface area contributed by atoms with Crippen LogP contribution in [0, 0.1) is 0 Å². The van der Waals surface area contributed by atoms with Gasteiger partial charge < -0.3 is 15.3 Å². The number of nitrogens with one attached hydrogen (secondary N) is 1. The first-order chi connectivity index (χ1) is 8.81. The smallest absolute Gasteiger partial charge is 0.337 e. The van der Waals surface area contributed by atoms with E-state index in [-0.39, 0.29) is 0 Å². The number of benzene rings is 1. The summed E-state index contributed by atoms with van der Waals surface area (Å²) in [6.07, 6.45) is 0. The molecular formula is C10H7NO8. The molecule has 100 valence electrons. The van der Waals surface area contributed by atoms with Gasteiger partial charge in [-0.25, -0.2) is 19.9 Å². The number of hydroxylamine groups is 1. The maximum atomic E-state index is 11.2. The fraction of sp³-hybridized carbons (Fsp3) is 0. The maximum absolute atomic E-state index is 11.2.